The Morgan fingerprint density at radius 3 is 2.00 bits per heavy atom. The lowest BCUT2D eigenvalue weighted by molar-refractivity contribution is 0.257. The molecule has 0 saturated heterocycles. The Labute approximate surface area is 142 Å². The van der Waals surface area contributed by atoms with Gasteiger partial charge in [0.15, 0.2) is 0 Å². The average Bonchev–Trinajstić information content (AvgIpc) is 2.43. The van der Waals surface area contributed by atoms with Crippen LogP contribution in [0.3, 0.4) is 0 Å². The molecule has 0 radical (unpaired) electrons. The summed E-state index contributed by atoms with van der Waals surface area (Å²) in [7, 11) is 0. The van der Waals surface area contributed by atoms with E-state index in [1.54, 1.807) is 53.4 Å². The minimum absolute atomic E-state index is 0.175. The van der Waals surface area contributed by atoms with Crippen LogP contribution in [-0.2, 0) is 0 Å². The highest BCUT2D eigenvalue weighted by atomic mass is 79.9. The van der Waals surface area contributed by atoms with E-state index in [4.69, 9.17) is 23.2 Å². The molecule has 0 aromatic heterocycles. The maximum absolute atomic E-state index is 12.4. The fourth-order valence-corrected chi connectivity index (χ4v) is 2.48. The fourth-order valence-electron chi connectivity index (χ4n) is 1.80. The number of nitrogens with zero attached hydrogens (tertiary/aromatic N) is 1. The smallest absolute Gasteiger partial charge is 0.308 e. The van der Waals surface area contributed by atoms with Gasteiger partial charge in [-0.25, -0.2) is 4.79 Å². The van der Waals surface area contributed by atoms with Gasteiger partial charge in [0.2, 0.25) is 0 Å². The first-order chi connectivity index (χ1) is 9.97. The molecule has 1 unspecified atom stereocenters. The first-order valence-electron chi connectivity index (χ1n) is 6.23. The maximum Gasteiger partial charge on any atom is 0.327 e. The molecule has 2 aromatic rings. The third kappa shape index (κ3) is 4.37. The van der Waals surface area contributed by atoms with Crippen molar-refractivity contribution >= 4 is 56.5 Å². The fraction of sp³-hybridized carbons (Fsp3) is 0.133. The van der Waals surface area contributed by atoms with Crippen molar-refractivity contribution in [3.05, 3.63) is 58.6 Å². The Bertz CT molecular complexity index is 615. The number of anilines is 2. The molecule has 6 heteroatoms. The van der Waals surface area contributed by atoms with Crippen LogP contribution in [0.4, 0.5) is 16.2 Å². The van der Waals surface area contributed by atoms with E-state index in [1.807, 2.05) is 6.92 Å². The van der Waals surface area contributed by atoms with Gasteiger partial charge in [0.25, 0.3) is 0 Å². The number of carbonyl (C=O) groups is 1. The molecule has 0 heterocycles. The Morgan fingerprint density at radius 2 is 1.52 bits per heavy atom. The van der Waals surface area contributed by atoms with E-state index in [0.29, 0.717) is 15.7 Å². The van der Waals surface area contributed by atoms with Crippen molar-refractivity contribution in [3.8, 4) is 0 Å². The second-order valence-electron chi connectivity index (χ2n) is 4.36. The summed E-state index contributed by atoms with van der Waals surface area (Å²) < 4.78 is 0. The van der Waals surface area contributed by atoms with Crippen LogP contribution >= 0.6 is 39.1 Å². The molecular formula is C15H13BrCl2N2O. The van der Waals surface area contributed by atoms with Crippen molar-refractivity contribution in [2.75, 3.05) is 10.2 Å². The number of hydrogen-bond donors (Lipinski definition) is 1. The number of urea groups is 1. The lowest BCUT2D eigenvalue weighted by atomic mass is 10.3. The lowest BCUT2D eigenvalue weighted by Crippen LogP contribution is -2.38. The zero-order chi connectivity index (χ0) is 15.4. The summed E-state index contributed by atoms with van der Waals surface area (Å²) in [6.45, 7) is 1.87. The molecule has 2 rings (SSSR count). The van der Waals surface area contributed by atoms with Gasteiger partial charge in [-0.3, -0.25) is 4.90 Å². The van der Waals surface area contributed by atoms with Crippen LogP contribution in [0, 0.1) is 0 Å². The number of nitrogens with one attached hydrogen (secondary N) is 1. The van der Waals surface area contributed by atoms with Crippen LogP contribution in [0.25, 0.3) is 0 Å². The van der Waals surface area contributed by atoms with Gasteiger partial charge in [0, 0.05) is 21.4 Å². The molecule has 21 heavy (non-hydrogen) atoms. The highest BCUT2D eigenvalue weighted by Crippen LogP contribution is 2.24. The van der Waals surface area contributed by atoms with E-state index in [0.717, 1.165) is 5.69 Å². The third-order valence-corrected chi connectivity index (χ3v) is 3.69. The molecule has 0 spiro atoms. The Balaban J connectivity index is 2.19. The number of amides is 2. The monoisotopic (exact) mass is 386 g/mol. The predicted molar refractivity (Wildman–Crippen MR) is 92.8 cm³/mol. The van der Waals surface area contributed by atoms with Crippen LogP contribution in [0.1, 0.15) is 6.92 Å². The molecule has 0 aliphatic heterocycles. The molecule has 0 aliphatic carbocycles. The zero-order valence-electron chi connectivity index (χ0n) is 11.2. The topological polar surface area (TPSA) is 32.3 Å². The number of alkyl halides is 1. The Hall–Kier alpha value is -1.23. The summed E-state index contributed by atoms with van der Waals surface area (Å²) >= 11 is 15.1. The Kier molecular flexibility index (Phi) is 5.51. The zero-order valence-corrected chi connectivity index (χ0v) is 14.3. The quantitative estimate of drug-likeness (QED) is 0.525. The highest BCUT2D eigenvalue weighted by Gasteiger charge is 2.20. The second-order valence-corrected chi connectivity index (χ2v) is 6.56. The van der Waals surface area contributed by atoms with Gasteiger partial charge in [0.05, 0.1) is 4.95 Å². The lowest BCUT2D eigenvalue weighted by Gasteiger charge is -2.26. The highest BCUT2D eigenvalue weighted by molar-refractivity contribution is 9.09. The summed E-state index contributed by atoms with van der Waals surface area (Å²) in [5.74, 6) is 0. The molecule has 1 N–H and O–H groups in total. The second kappa shape index (κ2) is 7.16. The largest absolute Gasteiger partial charge is 0.327 e. The summed E-state index contributed by atoms with van der Waals surface area (Å²) in [6.07, 6.45) is 0. The van der Waals surface area contributed by atoms with Crippen LogP contribution in [0.5, 0.6) is 0 Å². The van der Waals surface area contributed by atoms with Crippen molar-refractivity contribution in [1.29, 1.82) is 0 Å². The molecule has 0 saturated carbocycles. The molecule has 0 aliphatic rings. The molecule has 2 amide bonds. The van der Waals surface area contributed by atoms with Crippen molar-refractivity contribution in [2.45, 2.75) is 11.9 Å². The summed E-state index contributed by atoms with van der Waals surface area (Å²) in [5, 5.41) is 4.07. The van der Waals surface area contributed by atoms with Crippen molar-refractivity contribution in [3.63, 3.8) is 0 Å². The molecule has 0 bridgehead atoms. The number of rotatable bonds is 3. The molecule has 3 nitrogen and oxygen atoms in total. The number of benzene rings is 2. The van der Waals surface area contributed by atoms with E-state index in [-0.39, 0.29) is 11.0 Å². The van der Waals surface area contributed by atoms with Gasteiger partial charge in [-0.2, -0.15) is 0 Å². The molecule has 2 aromatic carbocycles. The van der Waals surface area contributed by atoms with Crippen LogP contribution in [0.15, 0.2) is 48.5 Å². The number of halogens is 3. The van der Waals surface area contributed by atoms with Gasteiger partial charge < -0.3 is 5.32 Å². The van der Waals surface area contributed by atoms with E-state index >= 15 is 0 Å². The van der Waals surface area contributed by atoms with E-state index in [2.05, 4.69) is 21.2 Å². The summed E-state index contributed by atoms with van der Waals surface area (Å²) in [6, 6.07) is 13.8. The minimum atomic E-state index is -0.246. The molecule has 1 atom stereocenters. The van der Waals surface area contributed by atoms with Gasteiger partial charge in [0.1, 0.15) is 0 Å². The Morgan fingerprint density at radius 1 is 1.05 bits per heavy atom. The normalized spacial score (nSPS) is 11.8. The first-order valence-corrected chi connectivity index (χ1v) is 7.90. The van der Waals surface area contributed by atoms with Gasteiger partial charge >= 0.3 is 6.03 Å². The van der Waals surface area contributed by atoms with Crippen molar-refractivity contribution in [2.24, 2.45) is 0 Å². The van der Waals surface area contributed by atoms with Crippen molar-refractivity contribution in [1.82, 2.24) is 0 Å². The van der Waals surface area contributed by atoms with Crippen molar-refractivity contribution < 1.29 is 4.79 Å². The minimum Gasteiger partial charge on any atom is -0.308 e. The average molecular weight is 388 g/mol. The van der Waals surface area contributed by atoms with Crippen LogP contribution in [0.2, 0.25) is 10.0 Å². The van der Waals surface area contributed by atoms with Crippen LogP contribution in [-0.4, -0.2) is 11.0 Å². The summed E-state index contributed by atoms with van der Waals surface area (Å²) in [4.78, 5) is 13.9. The van der Waals surface area contributed by atoms with E-state index < -0.39 is 0 Å². The van der Waals surface area contributed by atoms with E-state index in [9.17, 15) is 4.79 Å². The standard InChI is InChI=1S/C15H13BrCl2N2O/c1-10(16)20(14-8-4-12(18)5-9-14)15(21)19-13-6-2-11(17)3-7-13/h2-10H,1H3,(H,19,21). The molecule has 0 fully saturated rings. The van der Waals surface area contributed by atoms with Gasteiger partial charge in [-0.15, -0.1) is 0 Å². The van der Waals surface area contributed by atoms with E-state index in [1.165, 1.54) is 0 Å². The molecular weight excluding hydrogens is 375 g/mol. The van der Waals surface area contributed by atoms with Gasteiger partial charge in [-0.1, -0.05) is 39.1 Å². The summed E-state index contributed by atoms with van der Waals surface area (Å²) in [5.41, 5.74) is 1.42. The third-order valence-electron chi connectivity index (χ3n) is 2.77. The number of carbonyl (C=O) groups excluding carboxylic acids is 1. The molecule has 110 valence electrons. The first kappa shape index (κ1) is 16.1. The predicted octanol–water partition coefficient (Wildman–Crippen LogP) is 5.77. The number of hydrogen-bond acceptors (Lipinski definition) is 1. The maximum atomic E-state index is 12.4. The van der Waals surface area contributed by atoms with Gasteiger partial charge in [-0.05, 0) is 55.5 Å². The SMILES string of the molecule is CC(Br)N(C(=O)Nc1ccc(Cl)cc1)c1ccc(Cl)cc1. The van der Waals surface area contributed by atoms with Crippen LogP contribution < -0.4 is 10.2 Å².